The van der Waals surface area contributed by atoms with Crippen molar-refractivity contribution in [1.82, 2.24) is 5.32 Å². The number of hydrogen-bond donors (Lipinski definition) is 1. The number of sulfonamides is 1. The average molecular weight is 202 g/mol. The van der Waals surface area contributed by atoms with Gasteiger partial charge in [0.1, 0.15) is 0 Å². The second kappa shape index (κ2) is 5.28. The van der Waals surface area contributed by atoms with E-state index in [1.807, 2.05) is 0 Å². The Balaban J connectivity index is 0.000001000. The van der Waals surface area contributed by atoms with Crippen molar-refractivity contribution in [2.75, 3.05) is 13.1 Å². The molecular weight excluding hydrogens is 191 g/mol. The van der Waals surface area contributed by atoms with Gasteiger partial charge in [0.2, 0.25) is 0 Å². The van der Waals surface area contributed by atoms with Crippen LogP contribution in [0.1, 0.15) is 12.8 Å². The Labute approximate surface area is 110 Å². The van der Waals surface area contributed by atoms with Crippen molar-refractivity contribution < 1.29 is 59.8 Å². The first kappa shape index (κ1) is 12.5. The molecule has 6 heteroatoms. The molecule has 0 spiro atoms. The van der Waals surface area contributed by atoms with Crippen LogP contribution in [-0.4, -0.2) is 26.8 Å². The molecule has 1 saturated heterocycles. The van der Waals surface area contributed by atoms with Crippen LogP contribution in [0.4, 0.5) is 0 Å². The van der Waals surface area contributed by atoms with Gasteiger partial charge in [0.25, 0.3) is 0 Å². The zero-order valence-electron chi connectivity index (χ0n) is 6.63. The van der Waals surface area contributed by atoms with Gasteiger partial charge in [0, 0.05) is 6.54 Å². The molecule has 0 saturated carbocycles. The van der Waals surface area contributed by atoms with Gasteiger partial charge in [0.05, 0.1) is 15.3 Å². The van der Waals surface area contributed by atoms with E-state index in [4.69, 9.17) is 5.14 Å². The largest absolute Gasteiger partial charge is 1.00 e. The predicted molar refractivity (Wildman–Crippen MR) is 39.1 cm³/mol. The van der Waals surface area contributed by atoms with Gasteiger partial charge in [-0.3, -0.25) is 0 Å². The van der Waals surface area contributed by atoms with E-state index in [9.17, 15) is 8.42 Å². The van der Waals surface area contributed by atoms with E-state index >= 15 is 0 Å². The predicted octanol–water partition coefficient (Wildman–Crippen LogP) is -2.88. The molecule has 0 aromatic rings. The summed E-state index contributed by atoms with van der Waals surface area (Å²) in [6.07, 6.45) is 1.50. The quantitative estimate of drug-likeness (QED) is 0.465. The molecule has 0 aliphatic carbocycles. The summed E-state index contributed by atoms with van der Waals surface area (Å²) in [6.45, 7) is 1.33. The summed E-state index contributed by atoms with van der Waals surface area (Å²) in [4.78, 5) is 0. The van der Waals surface area contributed by atoms with Crippen molar-refractivity contribution in [3.63, 3.8) is 0 Å². The Morgan fingerprint density at radius 2 is 2.09 bits per heavy atom. The SMILES string of the molecule is [K+].[NH-]S(=O)(=O)C1CCCNC1. The summed E-state index contributed by atoms with van der Waals surface area (Å²) in [7, 11) is -3.54. The Kier molecular flexibility index (Phi) is 6.01. The molecule has 1 atom stereocenters. The van der Waals surface area contributed by atoms with Gasteiger partial charge in [-0.05, 0) is 19.4 Å². The monoisotopic (exact) mass is 202 g/mol. The zero-order chi connectivity index (χ0) is 7.61. The number of nitrogens with one attached hydrogen (secondary N) is 2. The van der Waals surface area contributed by atoms with Crippen LogP contribution in [0.25, 0.3) is 5.14 Å². The summed E-state index contributed by atoms with van der Waals surface area (Å²) in [6, 6.07) is 0. The van der Waals surface area contributed by atoms with Crippen LogP contribution in [0.15, 0.2) is 0 Å². The molecule has 1 unspecified atom stereocenters. The smallest absolute Gasteiger partial charge is 0.564 e. The summed E-state index contributed by atoms with van der Waals surface area (Å²) >= 11 is 0. The second-order valence-electron chi connectivity index (χ2n) is 2.51. The maximum Gasteiger partial charge on any atom is 1.00 e. The first-order valence-electron chi connectivity index (χ1n) is 3.30. The Morgan fingerprint density at radius 3 is 2.36 bits per heavy atom. The summed E-state index contributed by atoms with van der Waals surface area (Å²) < 4.78 is 21.2. The van der Waals surface area contributed by atoms with Crippen LogP contribution >= 0.6 is 0 Å². The van der Waals surface area contributed by atoms with Crippen molar-refractivity contribution in [1.29, 1.82) is 0 Å². The second-order valence-corrected chi connectivity index (χ2v) is 4.27. The van der Waals surface area contributed by atoms with E-state index in [-0.39, 0.29) is 51.4 Å². The molecule has 0 radical (unpaired) electrons. The third-order valence-electron chi connectivity index (χ3n) is 1.69. The van der Waals surface area contributed by atoms with Crippen molar-refractivity contribution in [2.24, 2.45) is 0 Å². The van der Waals surface area contributed by atoms with Gasteiger partial charge in [0.15, 0.2) is 0 Å². The normalized spacial score (nSPS) is 25.7. The van der Waals surface area contributed by atoms with Crippen LogP contribution in [0, 0.1) is 0 Å². The maximum absolute atomic E-state index is 10.6. The zero-order valence-corrected chi connectivity index (χ0v) is 10.6. The molecule has 0 amide bonds. The van der Waals surface area contributed by atoms with Gasteiger partial charge in [-0.25, -0.2) is 8.42 Å². The van der Waals surface area contributed by atoms with Crippen LogP contribution < -0.4 is 56.7 Å². The van der Waals surface area contributed by atoms with E-state index in [0.717, 1.165) is 13.0 Å². The van der Waals surface area contributed by atoms with Crippen molar-refractivity contribution >= 4 is 10.0 Å². The molecule has 60 valence electrons. The summed E-state index contributed by atoms with van der Waals surface area (Å²) in [5, 5.41) is 9.23. The van der Waals surface area contributed by atoms with E-state index in [1.165, 1.54) is 0 Å². The molecular formula is C5H11KN2O2S. The Bertz CT molecular complexity index is 199. The number of piperidine rings is 1. The third-order valence-corrected chi connectivity index (χ3v) is 2.97. The van der Waals surface area contributed by atoms with E-state index in [2.05, 4.69) is 5.32 Å². The van der Waals surface area contributed by atoms with E-state index < -0.39 is 15.3 Å². The summed E-state index contributed by atoms with van der Waals surface area (Å²) in [5.41, 5.74) is 0. The molecule has 0 aromatic heterocycles. The van der Waals surface area contributed by atoms with Gasteiger partial charge >= 0.3 is 51.4 Å². The molecule has 2 N–H and O–H groups in total. The molecule has 1 aliphatic rings. The fourth-order valence-corrected chi connectivity index (χ4v) is 1.90. The van der Waals surface area contributed by atoms with Crippen LogP contribution in [0.3, 0.4) is 0 Å². The fourth-order valence-electron chi connectivity index (χ4n) is 1.08. The molecule has 1 heterocycles. The topological polar surface area (TPSA) is 70.0 Å². The average Bonchev–Trinajstić information content (AvgIpc) is 1.88. The summed E-state index contributed by atoms with van der Waals surface area (Å²) in [5.74, 6) is 0. The van der Waals surface area contributed by atoms with Crippen molar-refractivity contribution in [3.8, 4) is 0 Å². The van der Waals surface area contributed by atoms with Crippen molar-refractivity contribution in [2.45, 2.75) is 18.1 Å². The van der Waals surface area contributed by atoms with E-state index in [1.54, 1.807) is 0 Å². The van der Waals surface area contributed by atoms with Crippen LogP contribution in [0.2, 0.25) is 0 Å². The van der Waals surface area contributed by atoms with Gasteiger partial charge in [-0.15, -0.1) is 0 Å². The third kappa shape index (κ3) is 4.32. The molecule has 11 heavy (non-hydrogen) atoms. The minimum Gasteiger partial charge on any atom is -0.564 e. The standard InChI is InChI=1S/C5H11N2O2S.K/c6-10(8,9)5-2-1-3-7-4-5;/h5,7H,1-4H2,(H-,6,8,9);/q-1;+1. The molecule has 0 bridgehead atoms. The fraction of sp³-hybridized carbons (Fsp3) is 1.00. The van der Waals surface area contributed by atoms with E-state index in [0.29, 0.717) is 13.0 Å². The number of hydrogen-bond acceptors (Lipinski definition) is 3. The van der Waals surface area contributed by atoms with Crippen LogP contribution in [-0.2, 0) is 10.0 Å². The first-order chi connectivity index (χ1) is 4.61. The van der Waals surface area contributed by atoms with Crippen LogP contribution in [0.5, 0.6) is 0 Å². The Morgan fingerprint density at radius 1 is 1.45 bits per heavy atom. The van der Waals surface area contributed by atoms with Gasteiger partial charge < -0.3 is 10.5 Å². The maximum atomic E-state index is 10.6. The first-order valence-corrected chi connectivity index (χ1v) is 4.84. The van der Waals surface area contributed by atoms with Gasteiger partial charge in [-0.1, -0.05) is 0 Å². The minimum atomic E-state index is -3.54. The number of rotatable bonds is 1. The molecule has 1 aliphatic heterocycles. The molecule has 4 nitrogen and oxygen atoms in total. The molecule has 1 fully saturated rings. The molecule has 1 rings (SSSR count). The molecule has 0 aromatic carbocycles. The van der Waals surface area contributed by atoms with Gasteiger partial charge in [-0.2, -0.15) is 0 Å². The van der Waals surface area contributed by atoms with Crippen molar-refractivity contribution in [3.05, 3.63) is 5.14 Å². The Hall–Kier alpha value is 1.51. The minimum absolute atomic E-state index is 0.